The van der Waals surface area contributed by atoms with E-state index in [1.165, 1.54) is 12.4 Å². The summed E-state index contributed by atoms with van der Waals surface area (Å²) in [6.07, 6.45) is 3.84. The van der Waals surface area contributed by atoms with Crippen molar-refractivity contribution in [1.29, 1.82) is 0 Å². The maximum atomic E-state index is 12.3. The summed E-state index contributed by atoms with van der Waals surface area (Å²) in [5, 5.41) is 16.1. The zero-order chi connectivity index (χ0) is 14.6. The molecule has 0 aliphatic carbocycles. The van der Waals surface area contributed by atoms with Gasteiger partial charge in [-0.05, 0) is 19.9 Å². The smallest absolute Gasteiger partial charge is 0.281 e. The Morgan fingerprint density at radius 2 is 2.20 bits per heavy atom. The van der Waals surface area contributed by atoms with Crippen LogP contribution >= 0.6 is 0 Å². The number of H-pyrrole nitrogens is 2. The molecule has 20 heavy (non-hydrogen) atoms. The van der Waals surface area contributed by atoms with Gasteiger partial charge in [-0.15, -0.1) is 0 Å². The minimum atomic E-state index is -3.72. The Bertz CT molecular complexity index is 647. The van der Waals surface area contributed by atoms with Gasteiger partial charge in [0.1, 0.15) is 0 Å². The molecule has 4 N–H and O–H groups in total. The fourth-order valence-electron chi connectivity index (χ4n) is 1.76. The largest absolute Gasteiger partial charge is 0.313 e. The standard InChI is InChI=1S/C11H18N6O2S/c1-3-4-12-7-10-8(2)15-16-11(10)20(18,19)17-9-5-13-14-6-9/h5-6,12,17H,3-4,7H2,1-2H3,(H,13,14)(H,15,16). The number of anilines is 1. The average molecular weight is 298 g/mol. The van der Waals surface area contributed by atoms with Crippen molar-refractivity contribution in [2.75, 3.05) is 11.3 Å². The summed E-state index contributed by atoms with van der Waals surface area (Å²) in [7, 11) is -3.72. The maximum absolute atomic E-state index is 12.3. The monoisotopic (exact) mass is 298 g/mol. The molecule has 0 saturated carbocycles. The molecular weight excluding hydrogens is 280 g/mol. The van der Waals surface area contributed by atoms with Crippen LogP contribution in [-0.4, -0.2) is 35.4 Å². The van der Waals surface area contributed by atoms with Crippen LogP contribution in [0.5, 0.6) is 0 Å². The number of hydrogen-bond donors (Lipinski definition) is 4. The molecule has 0 fully saturated rings. The number of rotatable bonds is 7. The Kier molecular flexibility index (Phi) is 4.40. The van der Waals surface area contributed by atoms with Gasteiger partial charge in [0.15, 0.2) is 0 Å². The fraction of sp³-hybridized carbons (Fsp3) is 0.455. The molecule has 0 unspecified atom stereocenters. The molecule has 0 aliphatic rings. The molecule has 2 rings (SSSR count). The molecule has 2 aromatic rings. The molecule has 8 nitrogen and oxygen atoms in total. The van der Waals surface area contributed by atoms with E-state index < -0.39 is 10.0 Å². The second-order valence-corrected chi connectivity index (χ2v) is 6.00. The number of sulfonamides is 1. The van der Waals surface area contributed by atoms with Gasteiger partial charge in [0, 0.05) is 24.0 Å². The third-order valence-corrected chi connectivity index (χ3v) is 4.12. The molecular formula is C11H18N6O2S. The molecule has 0 radical (unpaired) electrons. The zero-order valence-electron chi connectivity index (χ0n) is 11.4. The van der Waals surface area contributed by atoms with Gasteiger partial charge in [-0.2, -0.15) is 18.6 Å². The first-order valence-corrected chi connectivity index (χ1v) is 7.79. The van der Waals surface area contributed by atoms with E-state index in [-0.39, 0.29) is 5.03 Å². The summed E-state index contributed by atoms with van der Waals surface area (Å²) in [6, 6.07) is 0. The molecule has 2 heterocycles. The molecule has 0 spiro atoms. The van der Waals surface area contributed by atoms with Crippen molar-refractivity contribution in [2.24, 2.45) is 0 Å². The van der Waals surface area contributed by atoms with Gasteiger partial charge in [-0.25, -0.2) is 0 Å². The number of aromatic nitrogens is 4. The lowest BCUT2D eigenvalue weighted by molar-refractivity contribution is 0.593. The van der Waals surface area contributed by atoms with E-state index in [1.54, 1.807) is 6.92 Å². The third-order valence-electron chi connectivity index (χ3n) is 2.77. The molecule has 0 aromatic carbocycles. The van der Waals surface area contributed by atoms with Gasteiger partial charge < -0.3 is 5.32 Å². The first kappa shape index (κ1) is 14.5. The highest BCUT2D eigenvalue weighted by molar-refractivity contribution is 7.92. The first-order valence-electron chi connectivity index (χ1n) is 6.30. The van der Waals surface area contributed by atoms with Crippen molar-refractivity contribution in [3.8, 4) is 0 Å². The van der Waals surface area contributed by atoms with Crippen LogP contribution in [0.2, 0.25) is 0 Å². The molecule has 9 heteroatoms. The molecule has 110 valence electrons. The summed E-state index contributed by atoms with van der Waals surface area (Å²) in [4.78, 5) is 0. The maximum Gasteiger partial charge on any atom is 0.281 e. The van der Waals surface area contributed by atoms with Gasteiger partial charge in [-0.3, -0.25) is 14.9 Å². The summed E-state index contributed by atoms with van der Waals surface area (Å²) >= 11 is 0. The van der Waals surface area contributed by atoms with E-state index >= 15 is 0 Å². The quantitative estimate of drug-likeness (QED) is 0.563. The predicted octanol–water partition coefficient (Wildman–Crippen LogP) is 0.742. The van der Waals surface area contributed by atoms with E-state index in [0.717, 1.165) is 18.7 Å². The second-order valence-electron chi connectivity index (χ2n) is 4.40. The highest BCUT2D eigenvalue weighted by Gasteiger charge is 2.23. The minimum Gasteiger partial charge on any atom is -0.313 e. The molecule has 0 aliphatic heterocycles. The van der Waals surface area contributed by atoms with E-state index in [1.807, 2.05) is 6.92 Å². The number of hydrogen-bond acceptors (Lipinski definition) is 5. The Balaban J connectivity index is 2.23. The van der Waals surface area contributed by atoms with Crippen molar-refractivity contribution < 1.29 is 8.42 Å². The van der Waals surface area contributed by atoms with Crippen LogP contribution in [0.15, 0.2) is 17.4 Å². The van der Waals surface area contributed by atoms with Crippen LogP contribution in [-0.2, 0) is 16.6 Å². The number of aromatic amines is 2. The number of nitrogens with zero attached hydrogens (tertiary/aromatic N) is 2. The Hall–Kier alpha value is -1.87. The summed E-state index contributed by atoms with van der Waals surface area (Å²) < 4.78 is 27.0. The molecule has 0 bridgehead atoms. The highest BCUT2D eigenvalue weighted by atomic mass is 32.2. The number of nitrogens with one attached hydrogen (secondary N) is 4. The Morgan fingerprint density at radius 1 is 1.40 bits per heavy atom. The van der Waals surface area contributed by atoms with Crippen molar-refractivity contribution in [3.05, 3.63) is 23.7 Å². The fourth-order valence-corrected chi connectivity index (χ4v) is 2.99. The van der Waals surface area contributed by atoms with Crippen LogP contribution in [0.1, 0.15) is 24.6 Å². The molecule has 0 atom stereocenters. The van der Waals surface area contributed by atoms with E-state index in [2.05, 4.69) is 30.4 Å². The zero-order valence-corrected chi connectivity index (χ0v) is 12.2. The summed E-state index contributed by atoms with van der Waals surface area (Å²) in [6.45, 7) is 5.12. The van der Waals surface area contributed by atoms with Crippen molar-refractivity contribution >= 4 is 15.7 Å². The highest BCUT2D eigenvalue weighted by Crippen LogP contribution is 2.19. The Morgan fingerprint density at radius 3 is 2.85 bits per heavy atom. The van der Waals surface area contributed by atoms with Crippen LogP contribution in [0, 0.1) is 6.92 Å². The minimum absolute atomic E-state index is 0.0137. The lowest BCUT2D eigenvalue weighted by atomic mass is 10.2. The van der Waals surface area contributed by atoms with E-state index in [4.69, 9.17) is 0 Å². The summed E-state index contributed by atoms with van der Waals surface area (Å²) in [5.74, 6) is 0. The van der Waals surface area contributed by atoms with Crippen molar-refractivity contribution in [2.45, 2.75) is 31.8 Å². The van der Waals surface area contributed by atoms with Gasteiger partial charge >= 0.3 is 0 Å². The first-order chi connectivity index (χ1) is 9.54. The van der Waals surface area contributed by atoms with Gasteiger partial charge in [0.2, 0.25) is 5.03 Å². The molecule has 2 aromatic heterocycles. The average Bonchev–Trinajstić information content (AvgIpc) is 3.00. The van der Waals surface area contributed by atoms with Crippen LogP contribution < -0.4 is 10.0 Å². The summed E-state index contributed by atoms with van der Waals surface area (Å²) in [5.41, 5.74) is 1.76. The van der Waals surface area contributed by atoms with E-state index in [0.29, 0.717) is 17.8 Å². The number of aryl methyl sites for hydroxylation is 1. The Labute approximate surface area is 117 Å². The lowest BCUT2D eigenvalue weighted by Gasteiger charge is -2.07. The second kappa shape index (κ2) is 6.06. The van der Waals surface area contributed by atoms with Crippen molar-refractivity contribution in [3.63, 3.8) is 0 Å². The van der Waals surface area contributed by atoms with Crippen LogP contribution in [0.25, 0.3) is 0 Å². The normalized spacial score (nSPS) is 11.7. The van der Waals surface area contributed by atoms with Gasteiger partial charge in [-0.1, -0.05) is 6.92 Å². The van der Waals surface area contributed by atoms with Crippen LogP contribution in [0.4, 0.5) is 5.69 Å². The SMILES string of the molecule is CCCNCc1c(S(=O)(=O)Nc2cn[nH]c2)n[nH]c1C. The van der Waals surface area contributed by atoms with Crippen LogP contribution in [0.3, 0.4) is 0 Å². The van der Waals surface area contributed by atoms with Crippen molar-refractivity contribution in [1.82, 2.24) is 25.7 Å². The topological polar surface area (TPSA) is 116 Å². The lowest BCUT2D eigenvalue weighted by Crippen LogP contribution is -2.19. The van der Waals surface area contributed by atoms with E-state index in [9.17, 15) is 8.42 Å². The molecule has 0 amide bonds. The predicted molar refractivity (Wildman–Crippen MR) is 74.7 cm³/mol. The van der Waals surface area contributed by atoms with Gasteiger partial charge in [0.25, 0.3) is 10.0 Å². The third kappa shape index (κ3) is 3.17. The van der Waals surface area contributed by atoms with Gasteiger partial charge in [0.05, 0.1) is 11.9 Å². The molecule has 0 saturated heterocycles.